The maximum Gasteiger partial charge on any atom is 0.303 e. The van der Waals surface area contributed by atoms with E-state index in [2.05, 4.69) is 9.88 Å². The molecule has 3 aromatic rings. The number of piperidine rings is 1. The molecule has 38 heavy (non-hydrogen) atoms. The van der Waals surface area contributed by atoms with Gasteiger partial charge in [0.15, 0.2) is 0 Å². The van der Waals surface area contributed by atoms with Gasteiger partial charge in [0, 0.05) is 29.4 Å². The van der Waals surface area contributed by atoms with Crippen molar-refractivity contribution in [3.8, 4) is 5.75 Å². The summed E-state index contributed by atoms with van der Waals surface area (Å²) in [7, 11) is 1.63. The molecule has 4 rings (SSSR count). The number of pyridine rings is 1. The lowest BCUT2D eigenvalue weighted by atomic mass is 9.79. The number of halogens is 1. The highest BCUT2D eigenvalue weighted by atomic mass is 32.2. The molecular formula is C30H37FN2O4S. The van der Waals surface area contributed by atoms with Crippen LogP contribution in [0.4, 0.5) is 4.39 Å². The molecule has 3 atom stereocenters. The summed E-state index contributed by atoms with van der Waals surface area (Å²) in [6.07, 6.45) is 5.46. The molecule has 0 spiro atoms. The highest BCUT2D eigenvalue weighted by Gasteiger charge is 2.30. The predicted octanol–water partition coefficient (Wildman–Crippen LogP) is 6.18. The number of aliphatic carboxylic acids is 1. The van der Waals surface area contributed by atoms with E-state index < -0.39 is 12.1 Å². The summed E-state index contributed by atoms with van der Waals surface area (Å²) in [6.45, 7) is 2.85. The van der Waals surface area contributed by atoms with Crippen LogP contribution >= 0.6 is 11.8 Å². The standard InChI is InChI=1S/C30H37FN2O4S/c1-37-24-7-10-28-27(19-24)26(13-15-32-28)29(34)11-3-21-14-17-33(20-22(21)4-12-30(35)36)16-2-18-38-25-8-5-23(31)6-9-25/h5-10,13,15,19,21-22,29,34H,2-4,11-12,14,16-18,20H2,1H3,(H,35,36)/t21-,22-,29-/m1/s1. The van der Waals surface area contributed by atoms with Gasteiger partial charge in [-0.3, -0.25) is 9.78 Å². The van der Waals surface area contributed by atoms with Crippen molar-refractivity contribution >= 4 is 28.6 Å². The van der Waals surface area contributed by atoms with Crippen molar-refractivity contribution in [2.45, 2.75) is 49.5 Å². The molecule has 2 aromatic carbocycles. The number of carboxylic acids is 1. The SMILES string of the molecule is COc1ccc2nccc([C@H](O)CC[C@@H]3CCN(CCCSc4ccc(F)cc4)C[C@H]3CCC(=O)O)c2c1. The lowest BCUT2D eigenvalue weighted by Crippen LogP contribution is -2.41. The summed E-state index contributed by atoms with van der Waals surface area (Å²) in [5.41, 5.74) is 1.68. The number of aromatic nitrogens is 1. The molecule has 1 aromatic heterocycles. The molecule has 2 N–H and O–H groups in total. The Hall–Kier alpha value is -2.68. The van der Waals surface area contributed by atoms with E-state index in [1.165, 1.54) is 12.1 Å². The largest absolute Gasteiger partial charge is 0.497 e. The minimum atomic E-state index is -0.756. The number of likely N-dealkylation sites (tertiary alicyclic amines) is 1. The molecule has 0 aliphatic carbocycles. The molecule has 1 fully saturated rings. The van der Waals surface area contributed by atoms with E-state index >= 15 is 0 Å². The van der Waals surface area contributed by atoms with Gasteiger partial charge in [0.1, 0.15) is 11.6 Å². The van der Waals surface area contributed by atoms with E-state index in [0.29, 0.717) is 24.7 Å². The Balaban J connectivity index is 1.31. The van der Waals surface area contributed by atoms with Crippen LogP contribution in [0.1, 0.15) is 50.2 Å². The van der Waals surface area contributed by atoms with Crippen molar-refractivity contribution in [2.75, 3.05) is 32.5 Å². The first-order valence-electron chi connectivity index (χ1n) is 13.4. The average molecular weight is 541 g/mol. The summed E-state index contributed by atoms with van der Waals surface area (Å²) < 4.78 is 18.5. The van der Waals surface area contributed by atoms with Crippen LogP contribution in [0, 0.1) is 17.7 Å². The molecule has 204 valence electrons. The van der Waals surface area contributed by atoms with E-state index in [0.717, 1.165) is 71.8 Å². The Morgan fingerprint density at radius 3 is 2.76 bits per heavy atom. The summed E-state index contributed by atoms with van der Waals surface area (Å²) in [5.74, 6) is 1.40. The number of hydrogen-bond donors (Lipinski definition) is 2. The molecule has 1 aliphatic rings. The van der Waals surface area contributed by atoms with Crippen LogP contribution in [0.25, 0.3) is 10.9 Å². The Morgan fingerprint density at radius 2 is 2.00 bits per heavy atom. The fourth-order valence-corrected chi connectivity index (χ4v) is 6.31. The summed E-state index contributed by atoms with van der Waals surface area (Å²) >= 11 is 1.73. The number of hydrogen-bond acceptors (Lipinski definition) is 6. The van der Waals surface area contributed by atoms with Crippen LogP contribution in [0.2, 0.25) is 0 Å². The second kappa shape index (κ2) is 13.9. The third-order valence-corrected chi connectivity index (χ3v) is 8.66. The fraction of sp³-hybridized carbons (Fsp3) is 0.467. The van der Waals surface area contributed by atoms with E-state index in [4.69, 9.17) is 4.74 Å². The molecule has 0 radical (unpaired) electrons. The first-order chi connectivity index (χ1) is 18.4. The van der Waals surface area contributed by atoms with Gasteiger partial charge in [0.2, 0.25) is 0 Å². The zero-order valence-electron chi connectivity index (χ0n) is 21.9. The quantitative estimate of drug-likeness (QED) is 0.198. The number of thioether (sulfide) groups is 1. The van der Waals surface area contributed by atoms with Gasteiger partial charge in [-0.15, -0.1) is 11.8 Å². The minimum absolute atomic E-state index is 0.173. The minimum Gasteiger partial charge on any atom is -0.497 e. The number of benzene rings is 2. The molecule has 1 saturated heterocycles. The Bertz CT molecular complexity index is 1190. The Kier molecular flexibility index (Phi) is 10.4. The molecule has 8 heteroatoms. The van der Waals surface area contributed by atoms with Crippen molar-refractivity contribution in [3.63, 3.8) is 0 Å². The second-order valence-electron chi connectivity index (χ2n) is 10.1. The number of nitrogens with zero attached hydrogens (tertiary/aromatic N) is 2. The lowest BCUT2D eigenvalue weighted by molar-refractivity contribution is -0.137. The normalized spacial score (nSPS) is 18.9. The lowest BCUT2D eigenvalue weighted by Gasteiger charge is -2.39. The van der Waals surface area contributed by atoms with Crippen LogP contribution in [0.3, 0.4) is 0 Å². The first-order valence-corrected chi connectivity index (χ1v) is 14.3. The molecular weight excluding hydrogens is 503 g/mol. The number of aliphatic hydroxyl groups excluding tert-OH is 1. The molecule has 0 unspecified atom stereocenters. The van der Waals surface area contributed by atoms with Gasteiger partial charge in [0.25, 0.3) is 0 Å². The first kappa shape index (κ1) is 28.3. The summed E-state index contributed by atoms with van der Waals surface area (Å²) in [4.78, 5) is 19.3. The topological polar surface area (TPSA) is 82.9 Å². The maximum atomic E-state index is 13.1. The van der Waals surface area contributed by atoms with Gasteiger partial charge in [-0.2, -0.15) is 0 Å². The van der Waals surface area contributed by atoms with Crippen molar-refractivity contribution in [1.82, 2.24) is 9.88 Å². The maximum absolute atomic E-state index is 13.1. The highest BCUT2D eigenvalue weighted by Crippen LogP contribution is 2.35. The van der Waals surface area contributed by atoms with Gasteiger partial charge < -0.3 is 19.8 Å². The van der Waals surface area contributed by atoms with Gasteiger partial charge in [-0.1, -0.05) is 0 Å². The Morgan fingerprint density at radius 1 is 1.18 bits per heavy atom. The molecule has 0 bridgehead atoms. The highest BCUT2D eigenvalue weighted by molar-refractivity contribution is 7.99. The van der Waals surface area contributed by atoms with Crippen LogP contribution < -0.4 is 4.74 Å². The number of carboxylic acid groups (broad SMARTS) is 1. The number of carbonyl (C=O) groups is 1. The monoisotopic (exact) mass is 540 g/mol. The molecule has 0 saturated carbocycles. The third-order valence-electron chi connectivity index (χ3n) is 7.56. The van der Waals surface area contributed by atoms with Crippen LogP contribution in [-0.2, 0) is 4.79 Å². The molecule has 0 amide bonds. The smallest absolute Gasteiger partial charge is 0.303 e. The Labute approximate surface area is 228 Å². The van der Waals surface area contributed by atoms with Gasteiger partial charge in [0.05, 0.1) is 18.7 Å². The van der Waals surface area contributed by atoms with Crippen molar-refractivity contribution in [3.05, 3.63) is 66.1 Å². The van der Waals surface area contributed by atoms with Crippen LogP contribution in [0.15, 0.2) is 59.6 Å². The predicted molar refractivity (Wildman–Crippen MR) is 149 cm³/mol. The zero-order valence-corrected chi connectivity index (χ0v) is 22.7. The van der Waals surface area contributed by atoms with Crippen LogP contribution in [-0.4, -0.2) is 58.6 Å². The van der Waals surface area contributed by atoms with E-state index in [-0.39, 0.29) is 12.2 Å². The van der Waals surface area contributed by atoms with Crippen molar-refractivity contribution < 1.29 is 24.1 Å². The number of methoxy groups -OCH3 is 1. The number of fused-ring (bicyclic) bond motifs is 1. The van der Waals surface area contributed by atoms with Crippen molar-refractivity contribution in [2.24, 2.45) is 11.8 Å². The third kappa shape index (κ3) is 7.91. The van der Waals surface area contributed by atoms with Gasteiger partial charge in [-0.25, -0.2) is 4.39 Å². The number of rotatable bonds is 13. The summed E-state index contributed by atoms with van der Waals surface area (Å²) in [5, 5.41) is 21.3. The molecule has 1 aliphatic heterocycles. The van der Waals surface area contributed by atoms with E-state index in [9.17, 15) is 19.4 Å². The van der Waals surface area contributed by atoms with E-state index in [1.807, 2.05) is 36.4 Å². The van der Waals surface area contributed by atoms with Gasteiger partial charge >= 0.3 is 5.97 Å². The fourth-order valence-electron chi connectivity index (χ4n) is 5.48. The van der Waals surface area contributed by atoms with Gasteiger partial charge in [-0.05, 0) is 117 Å². The zero-order chi connectivity index (χ0) is 26.9. The van der Waals surface area contributed by atoms with Crippen molar-refractivity contribution in [1.29, 1.82) is 0 Å². The molecule has 2 heterocycles. The van der Waals surface area contributed by atoms with Crippen LogP contribution in [0.5, 0.6) is 5.75 Å². The number of ether oxygens (including phenoxy) is 1. The second-order valence-corrected chi connectivity index (χ2v) is 11.2. The molecule has 6 nitrogen and oxygen atoms in total. The van der Waals surface area contributed by atoms with E-state index in [1.54, 1.807) is 25.1 Å². The summed E-state index contributed by atoms with van der Waals surface area (Å²) in [6, 6.07) is 14.2. The average Bonchev–Trinajstić information content (AvgIpc) is 2.93. The number of aliphatic hydroxyl groups is 1.